The Morgan fingerprint density at radius 3 is 2.75 bits per heavy atom. The molecule has 2 atom stereocenters. The molecule has 2 aromatic rings. The van der Waals surface area contributed by atoms with Crippen LogP contribution >= 0.6 is 70.2 Å². The second kappa shape index (κ2) is 11.6. The van der Waals surface area contributed by atoms with Crippen LogP contribution in [0.4, 0.5) is 5.95 Å². The number of amides is 2. The van der Waals surface area contributed by atoms with E-state index >= 15 is 0 Å². The van der Waals surface area contributed by atoms with Gasteiger partial charge in [-0.2, -0.15) is 0 Å². The number of carbonyl (C=O) groups is 3. The Balaban J connectivity index is 1.36. The zero-order valence-electron chi connectivity index (χ0n) is 18.0. The van der Waals surface area contributed by atoms with Gasteiger partial charge in [-0.05, 0) is 18.2 Å². The average molecular weight is 607 g/mol. The number of rotatable bonds is 9. The number of H-pyrrole nitrogens is 1. The number of carboxylic acid groups (broad SMARTS) is 1. The number of nitrogens with zero attached hydrogens (tertiary/aromatic N) is 2. The Bertz CT molecular complexity index is 1320. The Hall–Kier alpha value is -1.97. The highest BCUT2D eigenvalue weighted by atomic mass is 35.5. The molecule has 2 unspecified atom stereocenters. The van der Waals surface area contributed by atoms with E-state index in [2.05, 4.69) is 15.3 Å². The third-order valence-electron chi connectivity index (χ3n) is 4.88. The summed E-state index contributed by atoms with van der Waals surface area (Å²) in [5, 5.41) is 13.7. The molecular formula is C20H17Cl2N5O5S4. The van der Waals surface area contributed by atoms with Crippen LogP contribution in [0.3, 0.4) is 0 Å². The van der Waals surface area contributed by atoms with Gasteiger partial charge in [0.1, 0.15) is 22.1 Å². The van der Waals surface area contributed by atoms with Crippen molar-refractivity contribution in [1.29, 1.82) is 0 Å². The number of fused-ring (bicyclic) bond motifs is 1. The van der Waals surface area contributed by atoms with Crippen LogP contribution in [-0.4, -0.2) is 65.8 Å². The first-order chi connectivity index (χ1) is 17.1. The minimum absolute atomic E-state index is 0.00941. The van der Waals surface area contributed by atoms with Gasteiger partial charge < -0.3 is 16.2 Å². The molecule has 2 amide bonds. The number of carboxylic acids is 1. The van der Waals surface area contributed by atoms with E-state index in [1.54, 1.807) is 18.2 Å². The second-order valence-corrected chi connectivity index (χ2v) is 12.7. The van der Waals surface area contributed by atoms with E-state index in [4.69, 9.17) is 28.9 Å². The molecule has 4 rings (SSSR count). The van der Waals surface area contributed by atoms with Gasteiger partial charge in [-0.1, -0.05) is 35.0 Å². The van der Waals surface area contributed by atoms with Crippen LogP contribution in [0.2, 0.25) is 10.0 Å². The summed E-state index contributed by atoms with van der Waals surface area (Å²) in [7, 11) is 0. The number of nitrogens with one attached hydrogen (secondary N) is 2. The molecule has 0 aliphatic carbocycles. The van der Waals surface area contributed by atoms with Gasteiger partial charge >= 0.3 is 5.97 Å². The first-order valence-corrected chi connectivity index (χ1v) is 14.8. The van der Waals surface area contributed by atoms with Crippen LogP contribution < -0.4 is 16.6 Å². The molecule has 5 N–H and O–H groups in total. The number of carbonyl (C=O) groups excluding carboxylic acids is 2. The van der Waals surface area contributed by atoms with Gasteiger partial charge in [-0.25, -0.2) is 9.78 Å². The van der Waals surface area contributed by atoms with Gasteiger partial charge in [0.2, 0.25) is 11.9 Å². The lowest BCUT2D eigenvalue weighted by Crippen LogP contribution is -2.70. The summed E-state index contributed by atoms with van der Waals surface area (Å²) in [5.41, 5.74) is 5.05. The molecule has 36 heavy (non-hydrogen) atoms. The lowest BCUT2D eigenvalue weighted by Gasteiger charge is -2.49. The van der Waals surface area contributed by atoms with Crippen LogP contribution in [0, 0.1) is 0 Å². The summed E-state index contributed by atoms with van der Waals surface area (Å²) in [6, 6.07) is 5.40. The fourth-order valence-electron chi connectivity index (χ4n) is 3.34. The van der Waals surface area contributed by atoms with Crippen molar-refractivity contribution in [3.8, 4) is 0 Å². The molecule has 2 aliphatic rings. The monoisotopic (exact) mass is 605 g/mol. The summed E-state index contributed by atoms with van der Waals surface area (Å²) in [5.74, 6) is -1.73. The van der Waals surface area contributed by atoms with Crippen LogP contribution in [0.1, 0.15) is 0 Å². The summed E-state index contributed by atoms with van der Waals surface area (Å²) in [6.45, 7) is 0. The topological polar surface area (TPSA) is 158 Å². The lowest BCUT2D eigenvalue weighted by atomic mass is 10.1. The van der Waals surface area contributed by atoms with Crippen molar-refractivity contribution < 1.29 is 19.5 Å². The number of nitrogens with two attached hydrogens (primary N) is 1. The van der Waals surface area contributed by atoms with Crippen molar-refractivity contribution in [3.05, 3.63) is 55.3 Å². The summed E-state index contributed by atoms with van der Waals surface area (Å²) < 4.78 is 0. The van der Waals surface area contributed by atoms with E-state index in [0.717, 1.165) is 0 Å². The Morgan fingerprint density at radius 2 is 2.03 bits per heavy atom. The number of aromatic amines is 1. The van der Waals surface area contributed by atoms with E-state index in [9.17, 15) is 24.3 Å². The van der Waals surface area contributed by atoms with E-state index < -0.39 is 23.3 Å². The largest absolute Gasteiger partial charge is 0.477 e. The average Bonchev–Trinajstić information content (AvgIpc) is 2.82. The maximum atomic E-state index is 12.8. The zero-order valence-corrected chi connectivity index (χ0v) is 22.8. The predicted octanol–water partition coefficient (Wildman–Crippen LogP) is 2.93. The molecule has 10 nitrogen and oxygen atoms in total. The quantitative estimate of drug-likeness (QED) is 0.144. The summed E-state index contributed by atoms with van der Waals surface area (Å²) in [4.78, 5) is 57.5. The molecule has 0 spiro atoms. The number of aliphatic carboxylic acids is 1. The number of hydrogen-bond acceptors (Lipinski definition) is 10. The third kappa shape index (κ3) is 6.11. The lowest BCUT2D eigenvalue weighted by molar-refractivity contribution is -0.150. The van der Waals surface area contributed by atoms with Crippen molar-refractivity contribution in [2.45, 2.75) is 21.3 Å². The third-order valence-corrected chi connectivity index (χ3v) is 10.2. The van der Waals surface area contributed by atoms with Crippen molar-refractivity contribution in [2.75, 3.05) is 22.3 Å². The minimum Gasteiger partial charge on any atom is -0.477 e. The molecule has 0 radical (unpaired) electrons. The number of thioether (sulfide) groups is 4. The fourth-order valence-corrected chi connectivity index (χ4v) is 8.34. The van der Waals surface area contributed by atoms with Crippen molar-refractivity contribution in [1.82, 2.24) is 20.2 Å². The molecule has 16 heteroatoms. The summed E-state index contributed by atoms with van der Waals surface area (Å²) in [6.07, 6.45) is 0. The first kappa shape index (κ1) is 27.1. The molecule has 1 saturated heterocycles. The van der Waals surface area contributed by atoms with E-state index in [-0.39, 0.29) is 28.9 Å². The molecule has 1 fully saturated rings. The molecule has 0 saturated carbocycles. The molecule has 2 aliphatic heterocycles. The van der Waals surface area contributed by atoms with Crippen LogP contribution in [0.5, 0.6) is 0 Å². The summed E-state index contributed by atoms with van der Waals surface area (Å²) >= 11 is 17.1. The van der Waals surface area contributed by atoms with Crippen molar-refractivity contribution in [3.63, 3.8) is 0 Å². The highest BCUT2D eigenvalue weighted by molar-refractivity contribution is 8.18. The van der Waals surface area contributed by atoms with Crippen LogP contribution in [0.25, 0.3) is 0 Å². The second-order valence-electron chi connectivity index (χ2n) is 7.27. The number of β-lactam (4-membered cyclic amide) rings is 1. The van der Waals surface area contributed by atoms with E-state index in [1.807, 2.05) is 0 Å². The molecule has 3 heterocycles. The first-order valence-electron chi connectivity index (χ1n) is 10.0. The minimum atomic E-state index is -1.23. The number of halogens is 2. The molecule has 1 aromatic heterocycles. The van der Waals surface area contributed by atoms with Crippen molar-refractivity contribution >= 4 is 94.0 Å². The Kier molecular flexibility index (Phi) is 8.73. The maximum Gasteiger partial charge on any atom is 0.353 e. The van der Waals surface area contributed by atoms with Gasteiger partial charge in [0, 0.05) is 31.7 Å². The van der Waals surface area contributed by atoms with E-state index in [0.29, 0.717) is 35.7 Å². The van der Waals surface area contributed by atoms with Crippen LogP contribution in [-0.2, 0) is 14.4 Å². The smallest absolute Gasteiger partial charge is 0.353 e. The van der Waals surface area contributed by atoms with Gasteiger partial charge in [0.15, 0.2) is 0 Å². The standard InChI is InChI=1S/C20H17Cl2N5O5S4/c21-8-1-2-9(22)10(3-8)33-6-13(29)24-15-17(30)27-16(19(31)32)11(5-34-18(15)27)35-7-36-14-4-12(28)25-20(23)26-14/h1-4,15,18H,5-7H2,(H,24,29)(H,31,32)(H3,23,25,26,28). The van der Waals surface area contributed by atoms with Gasteiger partial charge in [0.05, 0.1) is 10.8 Å². The fraction of sp³-hybridized carbons (Fsp3) is 0.250. The number of benzene rings is 1. The number of hydrogen-bond donors (Lipinski definition) is 4. The number of aromatic nitrogens is 2. The van der Waals surface area contributed by atoms with Gasteiger partial charge in [0.25, 0.3) is 11.5 Å². The Labute approximate surface area is 231 Å². The predicted molar refractivity (Wildman–Crippen MR) is 144 cm³/mol. The van der Waals surface area contributed by atoms with Gasteiger partial charge in [-0.15, -0.1) is 35.3 Å². The zero-order chi connectivity index (χ0) is 26.0. The SMILES string of the molecule is Nc1nc(SCSC2=C(C(=O)O)N3C(=O)C(NC(=O)CSc4cc(Cl)ccc4Cl)C3SC2)cc(=O)[nH]1. The molecular weight excluding hydrogens is 589 g/mol. The van der Waals surface area contributed by atoms with E-state index in [1.165, 1.54) is 58.0 Å². The molecule has 190 valence electrons. The van der Waals surface area contributed by atoms with Crippen molar-refractivity contribution in [2.24, 2.45) is 0 Å². The Morgan fingerprint density at radius 1 is 1.25 bits per heavy atom. The highest BCUT2D eigenvalue weighted by Crippen LogP contribution is 2.44. The van der Waals surface area contributed by atoms with Gasteiger partial charge in [-0.3, -0.25) is 24.3 Å². The molecule has 1 aromatic carbocycles. The molecule has 0 bridgehead atoms. The van der Waals surface area contributed by atoms with Crippen LogP contribution in [0.15, 0.2) is 49.6 Å². The number of nitrogen functional groups attached to an aromatic ring is 1. The number of anilines is 1. The highest BCUT2D eigenvalue weighted by Gasteiger charge is 2.54. The normalized spacial score (nSPS) is 19.1. The maximum absolute atomic E-state index is 12.8.